The second-order valence-corrected chi connectivity index (χ2v) is 5.65. The van der Waals surface area contributed by atoms with Crippen LogP contribution in [0.25, 0.3) is 10.2 Å². The molecule has 0 saturated carbocycles. The minimum Gasteiger partial charge on any atom is -0.481 e. The Morgan fingerprint density at radius 1 is 1.29 bits per heavy atom. The maximum absolute atomic E-state index is 5.13. The van der Waals surface area contributed by atoms with Crippen molar-refractivity contribution in [3.63, 3.8) is 0 Å². The molecule has 0 saturated heterocycles. The van der Waals surface area contributed by atoms with E-state index in [2.05, 4.69) is 33.3 Å². The number of ether oxygens (including phenoxy) is 1. The zero-order valence-electron chi connectivity index (χ0n) is 12.0. The van der Waals surface area contributed by atoms with Crippen LogP contribution in [0.15, 0.2) is 30.6 Å². The molecule has 3 rings (SSSR count). The highest BCUT2D eigenvalue weighted by Gasteiger charge is 2.08. The van der Waals surface area contributed by atoms with Gasteiger partial charge in [-0.05, 0) is 18.6 Å². The van der Waals surface area contributed by atoms with Crippen LogP contribution >= 0.6 is 11.3 Å². The average molecular weight is 300 g/mol. The summed E-state index contributed by atoms with van der Waals surface area (Å²) in [6.07, 6.45) is 2.61. The van der Waals surface area contributed by atoms with Gasteiger partial charge in [0.05, 0.1) is 24.7 Å². The first kappa shape index (κ1) is 13.8. The molecule has 6 heteroatoms. The summed E-state index contributed by atoms with van der Waals surface area (Å²) in [6, 6.07) is 7.87. The van der Waals surface area contributed by atoms with E-state index in [-0.39, 0.29) is 0 Å². The molecule has 0 radical (unpaired) electrons. The van der Waals surface area contributed by atoms with Crippen molar-refractivity contribution in [1.29, 1.82) is 0 Å². The third kappa shape index (κ3) is 2.95. The molecule has 0 fully saturated rings. The number of pyridine rings is 1. The standard InChI is InChI=1S/C15H16N4OS/c1-3-11-7-12-14(17-9-18-15(12)21-11)16-8-10-5-4-6-13(19-10)20-2/h4-7,9H,3,8H2,1-2H3,(H,16,17,18). The Labute approximate surface area is 127 Å². The number of hydrogen-bond acceptors (Lipinski definition) is 6. The lowest BCUT2D eigenvalue weighted by Crippen LogP contribution is -2.04. The molecule has 0 atom stereocenters. The summed E-state index contributed by atoms with van der Waals surface area (Å²) in [5.41, 5.74) is 0.909. The fourth-order valence-electron chi connectivity index (χ4n) is 2.06. The Morgan fingerprint density at radius 2 is 2.19 bits per heavy atom. The van der Waals surface area contributed by atoms with Gasteiger partial charge in [-0.15, -0.1) is 11.3 Å². The highest BCUT2D eigenvalue weighted by atomic mass is 32.1. The molecular formula is C15H16N4OS. The second-order valence-electron chi connectivity index (χ2n) is 4.53. The summed E-state index contributed by atoms with van der Waals surface area (Å²) in [5, 5.41) is 4.40. The Kier molecular flexibility index (Phi) is 3.96. The maximum Gasteiger partial charge on any atom is 0.213 e. The Balaban J connectivity index is 1.82. The van der Waals surface area contributed by atoms with Crippen LogP contribution in [0.4, 0.5) is 5.82 Å². The van der Waals surface area contributed by atoms with E-state index in [0.29, 0.717) is 12.4 Å². The van der Waals surface area contributed by atoms with Crippen LogP contribution in [0.2, 0.25) is 0 Å². The summed E-state index contributed by atoms with van der Waals surface area (Å²) in [6.45, 7) is 2.74. The zero-order valence-corrected chi connectivity index (χ0v) is 12.8. The van der Waals surface area contributed by atoms with Gasteiger partial charge in [0.2, 0.25) is 5.88 Å². The van der Waals surface area contributed by atoms with Gasteiger partial charge in [-0.2, -0.15) is 0 Å². The van der Waals surface area contributed by atoms with Gasteiger partial charge in [0.15, 0.2) is 0 Å². The van der Waals surface area contributed by atoms with E-state index in [0.717, 1.165) is 28.1 Å². The number of methoxy groups -OCH3 is 1. The summed E-state index contributed by atoms with van der Waals surface area (Å²) in [4.78, 5) is 15.4. The summed E-state index contributed by atoms with van der Waals surface area (Å²) in [7, 11) is 1.62. The van der Waals surface area contributed by atoms with Crippen molar-refractivity contribution in [3.05, 3.63) is 41.2 Å². The molecular weight excluding hydrogens is 284 g/mol. The van der Waals surface area contributed by atoms with Crippen LogP contribution in [0.1, 0.15) is 17.5 Å². The summed E-state index contributed by atoms with van der Waals surface area (Å²) < 4.78 is 5.13. The quantitative estimate of drug-likeness (QED) is 0.783. The van der Waals surface area contributed by atoms with Crippen LogP contribution in [-0.4, -0.2) is 22.1 Å². The van der Waals surface area contributed by atoms with Crippen molar-refractivity contribution in [2.75, 3.05) is 12.4 Å². The molecule has 3 aromatic heterocycles. The Bertz CT molecular complexity index is 756. The lowest BCUT2D eigenvalue weighted by atomic mass is 10.3. The Morgan fingerprint density at radius 3 is 3.00 bits per heavy atom. The van der Waals surface area contributed by atoms with E-state index in [4.69, 9.17) is 4.74 Å². The molecule has 0 aromatic carbocycles. The number of fused-ring (bicyclic) bond motifs is 1. The normalized spacial score (nSPS) is 10.8. The molecule has 108 valence electrons. The van der Waals surface area contributed by atoms with E-state index in [1.807, 2.05) is 18.2 Å². The van der Waals surface area contributed by atoms with E-state index in [9.17, 15) is 0 Å². The van der Waals surface area contributed by atoms with Gasteiger partial charge >= 0.3 is 0 Å². The monoisotopic (exact) mass is 300 g/mol. The molecule has 5 nitrogen and oxygen atoms in total. The third-order valence-corrected chi connectivity index (χ3v) is 4.34. The molecule has 0 aliphatic carbocycles. The van der Waals surface area contributed by atoms with Gasteiger partial charge in [-0.25, -0.2) is 15.0 Å². The van der Waals surface area contributed by atoms with Crippen LogP contribution < -0.4 is 10.1 Å². The molecule has 3 heterocycles. The highest BCUT2D eigenvalue weighted by Crippen LogP contribution is 2.28. The van der Waals surface area contributed by atoms with Gasteiger partial charge in [-0.1, -0.05) is 13.0 Å². The number of hydrogen-bond donors (Lipinski definition) is 1. The smallest absolute Gasteiger partial charge is 0.213 e. The largest absolute Gasteiger partial charge is 0.481 e. The van der Waals surface area contributed by atoms with Crippen LogP contribution in [-0.2, 0) is 13.0 Å². The number of anilines is 1. The predicted molar refractivity (Wildman–Crippen MR) is 84.9 cm³/mol. The molecule has 0 aliphatic heterocycles. The lowest BCUT2D eigenvalue weighted by molar-refractivity contribution is 0.396. The first-order valence-corrected chi connectivity index (χ1v) is 7.59. The van der Waals surface area contributed by atoms with E-state index >= 15 is 0 Å². The van der Waals surface area contributed by atoms with Crippen molar-refractivity contribution in [2.24, 2.45) is 0 Å². The number of nitrogens with zero attached hydrogens (tertiary/aromatic N) is 3. The molecule has 0 bridgehead atoms. The first-order chi connectivity index (χ1) is 10.3. The number of aromatic nitrogens is 3. The predicted octanol–water partition coefficient (Wildman–Crippen LogP) is 3.27. The lowest BCUT2D eigenvalue weighted by Gasteiger charge is -2.07. The highest BCUT2D eigenvalue weighted by molar-refractivity contribution is 7.18. The molecule has 1 N–H and O–H groups in total. The number of nitrogens with one attached hydrogen (secondary N) is 1. The summed E-state index contributed by atoms with van der Waals surface area (Å²) in [5.74, 6) is 1.46. The van der Waals surface area contributed by atoms with Gasteiger partial charge in [0.1, 0.15) is 17.0 Å². The fourth-order valence-corrected chi connectivity index (χ4v) is 3.00. The van der Waals surface area contributed by atoms with Crippen molar-refractivity contribution >= 4 is 27.4 Å². The third-order valence-electron chi connectivity index (χ3n) is 3.16. The van der Waals surface area contributed by atoms with Crippen LogP contribution in [0.5, 0.6) is 5.88 Å². The molecule has 0 amide bonds. The molecule has 3 aromatic rings. The Hall–Kier alpha value is -2.21. The van der Waals surface area contributed by atoms with Gasteiger partial charge in [0, 0.05) is 10.9 Å². The maximum atomic E-state index is 5.13. The average Bonchev–Trinajstić information content (AvgIpc) is 2.97. The molecule has 0 spiro atoms. The number of thiophene rings is 1. The number of rotatable bonds is 5. The summed E-state index contributed by atoms with van der Waals surface area (Å²) >= 11 is 1.71. The van der Waals surface area contributed by atoms with Gasteiger partial charge in [-0.3, -0.25) is 0 Å². The number of aryl methyl sites for hydroxylation is 1. The molecule has 0 aliphatic rings. The molecule has 21 heavy (non-hydrogen) atoms. The van der Waals surface area contributed by atoms with Gasteiger partial charge < -0.3 is 10.1 Å². The first-order valence-electron chi connectivity index (χ1n) is 6.77. The van der Waals surface area contributed by atoms with E-state index < -0.39 is 0 Å². The molecule has 0 unspecified atom stereocenters. The van der Waals surface area contributed by atoms with Gasteiger partial charge in [0.25, 0.3) is 0 Å². The minimum absolute atomic E-state index is 0.598. The zero-order chi connectivity index (χ0) is 14.7. The van der Waals surface area contributed by atoms with Crippen molar-refractivity contribution in [3.8, 4) is 5.88 Å². The van der Waals surface area contributed by atoms with E-state index in [1.54, 1.807) is 24.8 Å². The SMILES string of the molecule is CCc1cc2c(NCc3cccc(OC)n3)ncnc2s1. The second kappa shape index (κ2) is 6.05. The minimum atomic E-state index is 0.598. The van der Waals surface area contributed by atoms with Crippen molar-refractivity contribution in [1.82, 2.24) is 15.0 Å². The van der Waals surface area contributed by atoms with Crippen molar-refractivity contribution in [2.45, 2.75) is 19.9 Å². The van der Waals surface area contributed by atoms with E-state index in [1.165, 1.54) is 4.88 Å². The topological polar surface area (TPSA) is 59.9 Å². The van der Waals surface area contributed by atoms with Crippen LogP contribution in [0.3, 0.4) is 0 Å². The van der Waals surface area contributed by atoms with Crippen molar-refractivity contribution < 1.29 is 4.74 Å². The fraction of sp³-hybridized carbons (Fsp3) is 0.267. The van der Waals surface area contributed by atoms with Crippen LogP contribution in [0, 0.1) is 0 Å².